The van der Waals surface area contributed by atoms with E-state index in [0.29, 0.717) is 11.3 Å². The minimum Gasteiger partial charge on any atom is -0.280 e. The second kappa shape index (κ2) is 6.96. The molecule has 0 spiro atoms. The first-order chi connectivity index (χ1) is 10.4. The third kappa shape index (κ3) is 4.34. The Morgan fingerprint density at radius 3 is 2.41 bits per heavy atom. The summed E-state index contributed by atoms with van der Waals surface area (Å²) in [6, 6.07) is 12.8. The first kappa shape index (κ1) is 16.5. The zero-order valence-corrected chi connectivity index (χ0v) is 13.5. The summed E-state index contributed by atoms with van der Waals surface area (Å²) in [5.74, 6) is 0. The summed E-state index contributed by atoms with van der Waals surface area (Å²) in [5, 5.41) is -0.433. The maximum absolute atomic E-state index is 12.5. The molecule has 2 aromatic rings. The largest absolute Gasteiger partial charge is 0.280 e. The number of benzene rings is 2. The highest BCUT2D eigenvalue weighted by Crippen LogP contribution is 2.24. The molecule has 0 unspecified atom stereocenters. The van der Waals surface area contributed by atoms with Gasteiger partial charge in [0.25, 0.3) is 10.0 Å². The van der Waals surface area contributed by atoms with Gasteiger partial charge in [-0.15, -0.1) is 0 Å². The monoisotopic (exact) mass is 355 g/mol. The van der Waals surface area contributed by atoms with Gasteiger partial charge in [0.1, 0.15) is 0 Å². The molecule has 22 heavy (non-hydrogen) atoms. The first-order valence-electron chi connectivity index (χ1n) is 6.13. The van der Waals surface area contributed by atoms with Crippen LogP contribution in [0.3, 0.4) is 0 Å². The van der Waals surface area contributed by atoms with Gasteiger partial charge in [0.2, 0.25) is 5.24 Å². The van der Waals surface area contributed by atoms with Crippen molar-refractivity contribution < 1.29 is 13.2 Å². The van der Waals surface area contributed by atoms with Crippen LogP contribution in [0, 0.1) is 0 Å². The van der Waals surface area contributed by atoms with Crippen molar-refractivity contribution in [3.05, 3.63) is 65.2 Å². The average Bonchev–Trinajstić information content (AvgIpc) is 2.46. The molecule has 0 saturated heterocycles. The van der Waals surface area contributed by atoms with Crippen LogP contribution in [-0.4, -0.2) is 13.7 Å². The van der Waals surface area contributed by atoms with Crippen LogP contribution in [0.4, 0.5) is 5.69 Å². The molecule has 0 aliphatic heterocycles. The van der Waals surface area contributed by atoms with E-state index in [1.807, 2.05) is 0 Å². The molecule has 0 aromatic heterocycles. The Bertz CT molecular complexity index is 818. The van der Waals surface area contributed by atoms with Gasteiger partial charge in [-0.3, -0.25) is 9.52 Å². The number of allylic oxidation sites excluding steroid dienone is 1. The second-order valence-electron chi connectivity index (χ2n) is 4.29. The predicted molar refractivity (Wildman–Crippen MR) is 88.6 cm³/mol. The predicted octanol–water partition coefficient (Wildman–Crippen LogP) is 3.92. The molecule has 0 atom stereocenters. The normalized spacial score (nSPS) is 11.5. The summed E-state index contributed by atoms with van der Waals surface area (Å²) in [6.07, 6.45) is 2.40. The second-order valence-corrected chi connectivity index (χ2v) is 6.75. The number of halogens is 2. The standard InChI is InChI=1S/C15H11Cl2NO3S/c16-12-8-6-11(7-9-15(17)19)14(10-12)22(20,21)18-13-4-2-1-3-5-13/h1-10,18H. The molecule has 2 rings (SSSR count). The van der Waals surface area contributed by atoms with Gasteiger partial charge in [-0.25, -0.2) is 8.42 Å². The topological polar surface area (TPSA) is 63.2 Å². The molecule has 0 aliphatic carbocycles. The Morgan fingerprint density at radius 1 is 1.09 bits per heavy atom. The van der Waals surface area contributed by atoms with Crippen molar-refractivity contribution in [1.82, 2.24) is 0 Å². The highest BCUT2D eigenvalue weighted by atomic mass is 35.5. The molecule has 0 fully saturated rings. The minimum atomic E-state index is -3.85. The summed E-state index contributed by atoms with van der Waals surface area (Å²) in [4.78, 5) is 10.8. The maximum atomic E-state index is 12.5. The third-order valence-corrected chi connectivity index (χ3v) is 4.48. The van der Waals surface area contributed by atoms with Crippen LogP contribution >= 0.6 is 23.2 Å². The van der Waals surface area contributed by atoms with Crippen molar-refractivity contribution in [2.45, 2.75) is 4.90 Å². The number of carbonyl (C=O) groups excluding carboxylic acids is 1. The maximum Gasteiger partial charge on any atom is 0.262 e. The van der Waals surface area contributed by atoms with Crippen LogP contribution in [0.25, 0.3) is 6.08 Å². The highest BCUT2D eigenvalue weighted by Gasteiger charge is 2.18. The third-order valence-electron chi connectivity index (χ3n) is 2.69. The fraction of sp³-hybridized carbons (Fsp3) is 0. The molecule has 0 heterocycles. The Kier molecular flexibility index (Phi) is 5.24. The Labute approximate surface area is 138 Å². The number of hydrogen-bond donors (Lipinski definition) is 1. The fourth-order valence-corrected chi connectivity index (χ4v) is 3.33. The number of rotatable bonds is 5. The SMILES string of the molecule is O=C(Cl)C=Cc1ccc(Cl)cc1S(=O)(=O)Nc1ccccc1. The highest BCUT2D eigenvalue weighted by molar-refractivity contribution is 7.92. The van der Waals surface area contributed by atoms with Crippen LogP contribution in [-0.2, 0) is 14.8 Å². The van der Waals surface area contributed by atoms with E-state index in [1.165, 1.54) is 24.3 Å². The van der Waals surface area contributed by atoms with Crippen molar-refractivity contribution in [1.29, 1.82) is 0 Å². The molecule has 0 aliphatic rings. The number of para-hydroxylation sites is 1. The van der Waals surface area contributed by atoms with E-state index in [2.05, 4.69) is 4.72 Å². The molecular formula is C15H11Cl2NO3S. The molecule has 0 radical (unpaired) electrons. The lowest BCUT2D eigenvalue weighted by atomic mass is 10.2. The van der Waals surface area contributed by atoms with E-state index < -0.39 is 15.3 Å². The summed E-state index contributed by atoms with van der Waals surface area (Å²) in [5.41, 5.74) is 0.729. The lowest BCUT2D eigenvalue weighted by Gasteiger charge is -2.11. The van der Waals surface area contributed by atoms with Gasteiger partial charge < -0.3 is 0 Å². The van der Waals surface area contributed by atoms with Gasteiger partial charge in [0.15, 0.2) is 0 Å². The smallest absolute Gasteiger partial charge is 0.262 e. The van der Waals surface area contributed by atoms with E-state index in [9.17, 15) is 13.2 Å². The van der Waals surface area contributed by atoms with Crippen molar-refractivity contribution in [2.24, 2.45) is 0 Å². The van der Waals surface area contributed by atoms with Gasteiger partial charge in [-0.1, -0.05) is 35.9 Å². The van der Waals surface area contributed by atoms with Crippen LogP contribution in [0.5, 0.6) is 0 Å². The van der Waals surface area contributed by atoms with Gasteiger partial charge in [-0.05, 0) is 53.6 Å². The summed E-state index contributed by atoms with van der Waals surface area (Å²) < 4.78 is 27.4. The van der Waals surface area contributed by atoms with Crippen LogP contribution in [0.2, 0.25) is 5.02 Å². The van der Waals surface area contributed by atoms with E-state index in [4.69, 9.17) is 23.2 Å². The van der Waals surface area contributed by atoms with Crippen LogP contribution < -0.4 is 4.72 Å². The van der Waals surface area contributed by atoms with Gasteiger partial charge >= 0.3 is 0 Å². The summed E-state index contributed by atoms with van der Waals surface area (Å²) in [7, 11) is -3.85. The van der Waals surface area contributed by atoms with Crippen molar-refractivity contribution in [2.75, 3.05) is 4.72 Å². The molecule has 7 heteroatoms. The Hall–Kier alpha value is -1.82. The molecule has 0 bridgehead atoms. The molecule has 0 amide bonds. The van der Waals surface area contributed by atoms with Crippen molar-refractivity contribution >= 4 is 50.2 Å². The molecule has 0 saturated carbocycles. The lowest BCUT2D eigenvalue weighted by molar-refractivity contribution is -0.107. The molecule has 1 N–H and O–H groups in total. The molecular weight excluding hydrogens is 345 g/mol. The van der Waals surface area contributed by atoms with Gasteiger partial charge in [0.05, 0.1) is 4.90 Å². The summed E-state index contributed by atoms with van der Waals surface area (Å²) in [6.45, 7) is 0. The summed E-state index contributed by atoms with van der Waals surface area (Å²) >= 11 is 11.1. The molecule has 114 valence electrons. The van der Waals surface area contributed by atoms with E-state index in [0.717, 1.165) is 6.08 Å². The zero-order chi connectivity index (χ0) is 16.2. The number of nitrogens with one attached hydrogen (secondary N) is 1. The number of hydrogen-bond acceptors (Lipinski definition) is 3. The molecule has 4 nitrogen and oxygen atoms in total. The zero-order valence-electron chi connectivity index (χ0n) is 11.2. The number of carbonyl (C=O) groups is 1. The minimum absolute atomic E-state index is 0.0435. The number of sulfonamides is 1. The van der Waals surface area contributed by atoms with E-state index in [-0.39, 0.29) is 9.92 Å². The Balaban J connectivity index is 2.45. The van der Waals surface area contributed by atoms with E-state index >= 15 is 0 Å². The Morgan fingerprint density at radius 2 is 1.77 bits per heavy atom. The first-order valence-corrected chi connectivity index (χ1v) is 8.37. The van der Waals surface area contributed by atoms with Crippen LogP contribution in [0.1, 0.15) is 5.56 Å². The molecule has 2 aromatic carbocycles. The number of anilines is 1. The fourth-order valence-electron chi connectivity index (χ4n) is 1.75. The quantitative estimate of drug-likeness (QED) is 0.652. The van der Waals surface area contributed by atoms with Crippen LogP contribution in [0.15, 0.2) is 59.5 Å². The lowest BCUT2D eigenvalue weighted by Crippen LogP contribution is -2.14. The van der Waals surface area contributed by atoms with Crippen molar-refractivity contribution in [3.63, 3.8) is 0 Å². The van der Waals surface area contributed by atoms with Gasteiger partial charge in [-0.2, -0.15) is 0 Å². The van der Waals surface area contributed by atoms with Crippen molar-refractivity contribution in [3.8, 4) is 0 Å². The average molecular weight is 356 g/mol. The van der Waals surface area contributed by atoms with Gasteiger partial charge in [0, 0.05) is 10.7 Å². The van der Waals surface area contributed by atoms with E-state index in [1.54, 1.807) is 30.3 Å².